The molecule has 0 saturated carbocycles. The molecule has 2 aromatic rings. The summed E-state index contributed by atoms with van der Waals surface area (Å²) >= 11 is 3.30. The van der Waals surface area contributed by atoms with Crippen molar-refractivity contribution in [1.82, 2.24) is 9.21 Å². The summed E-state index contributed by atoms with van der Waals surface area (Å²) in [5.41, 5.74) is 0.599. The van der Waals surface area contributed by atoms with Crippen LogP contribution in [0.1, 0.15) is 24.8 Å². The van der Waals surface area contributed by atoms with E-state index in [-0.39, 0.29) is 23.1 Å². The predicted octanol–water partition coefficient (Wildman–Crippen LogP) is 3.80. The second-order valence-corrected chi connectivity index (χ2v) is 10.1. The largest absolute Gasteiger partial charge is 0.494 e. The first-order valence-electron chi connectivity index (χ1n) is 9.59. The number of benzene rings is 2. The highest BCUT2D eigenvalue weighted by molar-refractivity contribution is 9.10. The highest BCUT2D eigenvalue weighted by Gasteiger charge is 2.38. The molecule has 0 N–H and O–H groups in total. The van der Waals surface area contributed by atoms with Crippen molar-refractivity contribution in [3.63, 3.8) is 0 Å². The summed E-state index contributed by atoms with van der Waals surface area (Å²) in [6.45, 7) is 0.461. The normalized spacial score (nSPS) is 17.5. The minimum Gasteiger partial charge on any atom is -0.494 e. The number of nitrogens with zero attached hydrogens (tertiary/aromatic N) is 2. The van der Waals surface area contributed by atoms with Crippen LogP contribution in [0.4, 0.5) is 4.39 Å². The van der Waals surface area contributed by atoms with E-state index < -0.39 is 21.9 Å². The summed E-state index contributed by atoms with van der Waals surface area (Å²) in [5, 5.41) is 0. The van der Waals surface area contributed by atoms with Crippen molar-refractivity contribution >= 4 is 31.9 Å². The van der Waals surface area contributed by atoms with Gasteiger partial charge < -0.3 is 9.64 Å². The van der Waals surface area contributed by atoms with Gasteiger partial charge in [-0.3, -0.25) is 4.79 Å². The number of rotatable bonds is 6. The maximum absolute atomic E-state index is 14.0. The molecule has 30 heavy (non-hydrogen) atoms. The first-order valence-corrected chi connectivity index (χ1v) is 11.8. The van der Waals surface area contributed by atoms with Gasteiger partial charge in [-0.05, 0) is 54.8 Å². The molecule has 0 aromatic heterocycles. The van der Waals surface area contributed by atoms with Crippen LogP contribution in [-0.2, 0) is 21.4 Å². The van der Waals surface area contributed by atoms with E-state index in [0.29, 0.717) is 24.9 Å². The summed E-state index contributed by atoms with van der Waals surface area (Å²) in [6, 6.07) is 10.1. The predicted molar refractivity (Wildman–Crippen MR) is 115 cm³/mol. The van der Waals surface area contributed by atoms with Gasteiger partial charge in [0.05, 0.1) is 12.0 Å². The Hall–Kier alpha value is -1.97. The lowest BCUT2D eigenvalue weighted by Gasteiger charge is -2.35. The summed E-state index contributed by atoms with van der Waals surface area (Å²) in [6.07, 6.45) is 1.93. The molecule has 1 atom stereocenters. The molecule has 9 heteroatoms. The van der Waals surface area contributed by atoms with Crippen LogP contribution in [0.2, 0.25) is 0 Å². The topological polar surface area (TPSA) is 66.9 Å². The number of amides is 1. The maximum Gasteiger partial charge on any atom is 0.243 e. The number of hydrogen-bond acceptors (Lipinski definition) is 4. The Morgan fingerprint density at radius 3 is 2.57 bits per heavy atom. The smallest absolute Gasteiger partial charge is 0.243 e. The molecule has 1 saturated heterocycles. The monoisotopic (exact) mass is 498 g/mol. The van der Waals surface area contributed by atoms with E-state index in [1.54, 1.807) is 25.2 Å². The van der Waals surface area contributed by atoms with Gasteiger partial charge >= 0.3 is 0 Å². The summed E-state index contributed by atoms with van der Waals surface area (Å²) in [7, 11) is -0.820. The number of hydrogen-bond donors (Lipinski definition) is 0. The van der Waals surface area contributed by atoms with Crippen LogP contribution in [0.5, 0.6) is 5.75 Å². The van der Waals surface area contributed by atoms with Crippen molar-refractivity contribution < 1.29 is 22.3 Å². The molecule has 0 spiro atoms. The van der Waals surface area contributed by atoms with Gasteiger partial charge in [0.2, 0.25) is 15.9 Å². The Balaban J connectivity index is 1.80. The molecule has 1 fully saturated rings. The average molecular weight is 499 g/mol. The van der Waals surface area contributed by atoms with Gasteiger partial charge in [0.1, 0.15) is 6.04 Å². The second kappa shape index (κ2) is 9.45. The number of halogens is 2. The third-order valence-electron chi connectivity index (χ3n) is 5.17. The number of likely N-dealkylation sites (N-methyl/N-ethyl adjacent to an activating group) is 1. The number of methoxy groups -OCH3 is 1. The zero-order chi connectivity index (χ0) is 21.9. The molecule has 1 aliphatic heterocycles. The number of piperidine rings is 1. The Kier molecular flexibility index (Phi) is 7.15. The fraction of sp³-hybridized carbons (Fsp3) is 0.381. The SMILES string of the molecule is COc1ccc(CN(C)C(=O)C2CCCCN2S(=O)(=O)c2ccc(Br)cc2)cc1F. The second-order valence-electron chi connectivity index (χ2n) is 7.24. The van der Waals surface area contributed by atoms with Gasteiger partial charge in [-0.2, -0.15) is 4.31 Å². The third-order valence-corrected chi connectivity index (χ3v) is 7.62. The quantitative estimate of drug-likeness (QED) is 0.607. The van der Waals surface area contributed by atoms with E-state index >= 15 is 0 Å². The minimum absolute atomic E-state index is 0.131. The van der Waals surface area contributed by atoms with Crippen LogP contribution in [0.25, 0.3) is 0 Å². The molecular weight excluding hydrogens is 475 g/mol. The van der Waals surface area contributed by atoms with E-state index in [1.165, 1.54) is 40.6 Å². The van der Waals surface area contributed by atoms with Crippen molar-refractivity contribution in [3.05, 3.63) is 58.3 Å². The molecular formula is C21H24BrFN2O4S. The van der Waals surface area contributed by atoms with Gasteiger partial charge in [-0.25, -0.2) is 12.8 Å². The highest BCUT2D eigenvalue weighted by atomic mass is 79.9. The Morgan fingerprint density at radius 1 is 1.23 bits per heavy atom. The first-order chi connectivity index (χ1) is 14.2. The summed E-state index contributed by atoms with van der Waals surface area (Å²) in [5.74, 6) is -0.675. The van der Waals surface area contributed by atoms with Crippen LogP contribution >= 0.6 is 15.9 Å². The number of sulfonamides is 1. The van der Waals surface area contributed by atoms with Crippen molar-refractivity contribution in [2.75, 3.05) is 20.7 Å². The van der Waals surface area contributed by atoms with Crippen molar-refractivity contribution in [2.45, 2.75) is 36.7 Å². The van der Waals surface area contributed by atoms with E-state index in [0.717, 1.165) is 10.9 Å². The maximum atomic E-state index is 14.0. The molecule has 1 heterocycles. The van der Waals surface area contributed by atoms with Crippen molar-refractivity contribution in [3.8, 4) is 5.75 Å². The van der Waals surface area contributed by atoms with E-state index in [2.05, 4.69) is 15.9 Å². The standard InChI is InChI=1S/C21H24BrFN2O4S/c1-24(14-15-6-11-20(29-2)18(23)13-15)21(26)19-5-3-4-12-25(19)30(27,28)17-9-7-16(22)8-10-17/h6-11,13,19H,3-5,12,14H2,1-2H3. The van der Waals surface area contributed by atoms with E-state index in [4.69, 9.17) is 4.74 Å². The Morgan fingerprint density at radius 2 is 1.93 bits per heavy atom. The zero-order valence-corrected chi connectivity index (χ0v) is 19.2. The molecule has 1 aliphatic rings. The summed E-state index contributed by atoms with van der Waals surface area (Å²) < 4.78 is 47.3. The number of carbonyl (C=O) groups is 1. The van der Waals surface area contributed by atoms with Crippen LogP contribution < -0.4 is 4.74 Å². The van der Waals surface area contributed by atoms with Gasteiger partial charge in [0, 0.05) is 24.6 Å². The van der Waals surface area contributed by atoms with E-state index in [1.807, 2.05) is 0 Å². The molecule has 3 rings (SSSR count). The molecule has 1 unspecified atom stereocenters. The van der Waals surface area contributed by atoms with Gasteiger partial charge in [-0.1, -0.05) is 28.4 Å². The molecule has 0 bridgehead atoms. The van der Waals surface area contributed by atoms with Crippen molar-refractivity contribution in [2.24, 2.45) is 0 Å². The first kappa shape index (κ1) is 22.7. The zero-order valence-electron chi connectivity index (χ0n) is 16.8. The lowest BCUT2D eigenvalue weighted by molar-refractivity contribution is -0.135. The molecule has 1 amide bonds. The van der Waals surface area contributed by atoms with Crippen LogP contribution in [-0.4, -0.2) is 50.3 Å². The van der Waals surface area contributed by atoms with Crippen LogP contribution in [0.15, 0.2) is 51.8 Å². The lowest BCUT2D eigenvalue weighted by Crippen LogP contribution is -2.52. The highest BCUT2D eigenvalue weighted by Crippen LogP contribution is 2.28. The number of ether oxygens (including phenoxy) is 1. The molecule has 6 nitrogen and oxygen atoms in total. The van der Waals surface area contributed by atoms with Gasteiger partial charge in [-0.15, -0.1) is 0 Å². The fourth-order valence-electron chi connectivity index (χ4n) is 3.60. The van der Waals surface area contributed by atoms with Crippen LogP contribution in [0, 0.1) is 5.82 Å². The average Bonchev–Trinajstić information content (AvgIpc) is 2.73. The molecule has 2 aromatic carbocycles. The van der Waals surface area contributed by atoms with Gasteiger partial charge in [0.25, 0.3) is 0 Å². The number of carbonyl (C=O) groups excluding carboxylic acids is 1. The Bertz CT molecular complexity index is 1010. The third kappa shape index (κ3) is 4.84. The fourth-order valence-corrected chi connectivity index (χ4v) is 5.51. The molecule has 0 radical (unpaired) electrons. The van der Waals surface area contributed by atoms with E-state index in [9.17, 15) is 17.6 Å². The summed E-state index contributed by atoms with van der Waals surface area (Å²) in [4.78, 5) is 14.8. The van der Waals surface area contributed by atoms with Crippen molar-refractivity contribution in [1.29, 1.82) is 0 Å². The molecule has 0 aliphatic carbocycles. The lowest BCUT2D eigenvalue weighted by atomic mass is 10.0. The van der Waals surface area contributed by atoms with Crippen LogP contribution in [0.3, 0.4) is 0 Å². The van der Waals surface area contributed by atoms with Gasteiger partial charge in [0.15, 0.2) is 11.6 Å². The molecule has 162 valence electrons. The Labute approximate surface area is 184 Å². The minimum atomic E-state index is -3.81.